The predicted molar refractivity (Wildman–Crippen MR) is 66.3 cm³/mol. The Bertz CT molecular complexity index is 545. The quantitative estimate of drug-likeness (QED) is 0.746. The van der Waals surface area contributed by atoms with Crippen LogP contribution in [-0.2, 0) is 14.8 Å². The third-order valence-electron chi connectivity index (χ3n) is 2.94. The largest absolute Gasteiger partial charge is 0.465 e. The molecular weight excluding hydrogens is 272 g/mol. The molecule has 1 unspecified atom stereocenters. The van der Waals surface area contributed by atoms with E-state index in [0.29, 0.717) is 6.54 Å². The molecule has 1 aromatic rings. The number of carbonyl (C=O) groups excluding carboxylic acids is 1. The molecule has 8 heteroatoms. The number of carbonyl (C=O) groups is 1. The minimum atomic E-state index is -3.73. The second-order valence-corrected chi connectivity index (χ2v) is 5.99. The Morgan fingerprint density at radius 3 is 3.05 bits per heavy atom. The van der Waals surface area contributed by atoms with E-state index in [1.54, 1.807) is 0 Å². The number of sulfonamides is 1. The topological polar surface area (TPSA) is 97.6 Å². The molecular formula is C11H16N2O5S. The number of furan rings is 1. The highest BCUT2D eigenvalue weighted by Gasteiger charge is 2.23. The molecule has 2 rings (SSSR count). The highest BCUT2D eigenvalue weighted by Crippen LogP contribution is 2.15. The van der Waals surface area contributed by atoms with Crippen molar-refractivity contribution in [2.75, 3.05) is 20.2 Å². The number of ether oxygens (including phenoxy) is 1. The van der Waals surface area contributed by atoms with Gasteiger partial charge in [-0.15, -0.1) is 0 Å². The number of esters is 1. The van der Waals surface area contributed by atoms with Crippen molar-refractivity contribution in [2.24, 2.45) is 0 Å². The van der Waals surface area contributed by atoms with Gasteiger partial charge in [0.05, 0.1) is 12.7 Å². The van der Waals surface area contributed by atoms with Gasteiger partial charge in [0.25, 0.3) is 10.0 Å². The van der Waals surface area contributed by atoms with Crippen molar-refractivity contribution in [1.82, 2.24) is 10.0 Å². The molecule has 0 amide bonds. The van der Waals surface area contributed by atoms with Crippen LogP contribution >= 0.6 is 0 Å². The Hall–Kier alpha value is -1.38. The first-order valence-electron chi connectivity index (χ1n) is 5.93. The zero-order valence-corrected chi connectivity index (χ0v) is 11.3. The third-order valence-corrected chi connectivity index (χ3v) is 4.23. The summed E-state index contributed by atoms with van der Waals surface area (Å²) in [5.74, 6) is -0.636. The lowest BCUT2D eigenvalue weighted by atomic mass is 10.2. The van der Waals surface area contributed by atoms with Crippen molar-refractivity contribution in [2.45, 2.75) is 24.0 Å². The lowest BCUT2D eigenvalue weighted by Gasteiger charge is -2.10. The van der Waals surface area contributed by atoms with Gasteiger partial charge in [0, 0.05) is 18.7 Å². The monoisotopic (exact) mass is 288 g/mol. The van der Waals surface area contributed by atoms with Crippen LogP contribution in [0.2, 0.25) is 0 Å². The second-order valence-electron chi connectivity index (χ2n) is 4.29. The van der Waals surface area contributed by atoms with Gasteiger partial charge in [0.2, 0.25) is 5.09 Å². The van der Waals surface area contributed by atoms with E-state index < -0.39 is 16.0 Å². The van der Waals surface area contributed by atoms with Crippen molar-refractivity contribution in [3.63, 3.8) is 0 Å². The Balaban J connectivity index is 2.02. The van der Waals surface area contributed by atoms with Gasteiger partial charge in [-0.25, -0.2) is 17.9 Å². The Morgan fingerprint density at radius 1 is 1.63 bits per heavy atom. The van der Waals surface area contributed by atoms with Crippen LogP contribution in [0.3, 0.4) is 0 Å². The molecule has 0 aromatic carbocycles. The van der Waals surface area contributed by atoms with Crippen LogP contribution in [0.15, 0.2) is 21.8 Å². The van der Waals surface area contributed by atoms with E-state index >= 15 is 0 Å². The molecule has 2 N–H and O–H groups in total. The summed E-state index contributed by atoms with van der Waals surface area (Å²) in [7, 11) is -2.52. The highest BCUT2D eigenvalue weighted by molar-refractivity contribution is 7.89. The standard InChI is InChI=1S/C11H16N2O5S/c1-17-11(14)8-5-10(18-7-8)19(15,16)13-6-9-3-2-4-12-9/h5,7,9,12-13H,2-4,6H2,1H3. The maximum Gasteiger partial charge on any atom is 0.341 e. The molecule has 1 atom stereocenters. The van der Waals surface area contributed by atoms with Gasteiger partial charge in [-0.3, -0.25) is 0 Å². The van der Waals surface area contributed by atoms with E-state index in [1.807, 2.05) is 0 Å². The maximum absolute atomic E-state index is 11.9. The fourth-order valence-corrected chi connectivity index (χ4v) is 2.91. The average molecular weight is 288 g/mol. The van der Waals surface area contributed by atoms with Gasteiger partial charge in [-0.05, 0) is 19.4 Å². The lowest BCUT2D eigenvalue weighted by Crippen LogP contribution is -2.37. The summed E-state index contributed by atoms with van der Waals surface area (Å²) in [6, 6.07) is 1.29. The van der Waals surface area contributed by atoms with E-state index in [9.17, 15) is 13.2 Å². The molecule has 1 aliphatic rings. The molecule has 0 aliphatic carbocycles. The Labute approximate surface area is 111 Å². The minimum absolute atomic E-state index is 0.0712. The van der Waals surface area contributed by atoms with Gasteiger partial charge in [0.1, 0.15) is 6.26 Å². The second kappa shape index (κ2) is 5.72. The molecule has 0 bridgehead atoms. The normalized spacial score (nSPS) is 19.5. The molecule has 2 heterocycles. The van der Waals surface area contributed by atoms with Crippen LogP contribution in [-0.4, -0.2) is 40.6 Å². The van der Waals surface area contributed by atoms with Crippen molar-refractivity contribution >= 4 is 16.0 Å². The molecule has 106 valence electrons. The smallest absolute Gasteiger partial charge is 0.341 e. The van der Waals surface area contributed by atoms with Gasteiger partial charge in [0.15, 0.2) is 0 Å². The summed E-state index contributed by atoms with van der Waals surface area (Å²) in [6.07, 6.45) is 3.04. The molecule has 1 saturated heterocycles. The molecule has 0 radical (unpaired) electrons. The van der Waals surface area contributed by atoms with Gasteiger partial charge in [-0.2, -0.15) is 0 Å². The van der Waals surface area contributed by atoms with Crippen LogP contribution in [0.5, 0.6) is 0 Å². The fourth-order valence-electron chi connectivity index (χ4n) is 1.89. The van der Waals surface area contributed by atoms with Crippen LogP contribution < -0.4 is 10.0 Å². The minimum Gasteiger partial charge on any atom is -0.465 e. The molecule has 7 nitrogen and oxygen atoms in total. The van der Waals surface area contributed by atoms with Crippen molar-refractivity contribution in [3.05, 3.63) is 17.9 Å². The highest BCUT2D eigenvalue weighted by atomic mass is 32.2. The zero-order valence-electron chi connectivity index (χ0n) is 10.5. The predicted octanol–water partition coefficient (Wildman–Crippen LogP) is 0.0965. The summed E-state index contributed by atoms with van der Waals surface area (Å²) in [4.78, 5) is 11.2. The van der Waals surface area contributed by atoms with Crippen molar-refractivity contribution in [1.29, 1.82) is 0 Å². The summed E-state index contributed by atoms with van der Waals surface area (Å²) in [5.41, 5.74) is 0.0712. The third kappa shape index (κ3) is 3.34. The SMILES string of the molecule is COC(=O)c1coc(S(=O)(=O)NCC2CCCN2)c1. The van der Waals surface area contributed by atoms with Crippen molar-refractivity contribution < 1.29 is 22.4 Å². The molecule has 1 aliphatic heterocycles. The number of methoxy groups -OCH3 is 1. The van der Waals surface area contributed by atoms with E-state index in [1.165, 1.54) is 7.11 Å². The maximum atomic E-state index is 11.9. The first-order chi connectivity index (χ1) is 9.03. The van der Waals surface area contributed by atoms with Gasteiger partial charge < -0.3 is 14.5 Å². The van der Waals surface area contributed by atoms with E-state index in [0.717, 1.165) is 31.7 Å². The van der Waals surface area contributed by atoms with Crippen LogP contribution in [0, 0.1) is 0 Å². The Kier molecular flexibility index (Phi) is 4.23. The molecule has 1 fully saturated rings. The van der Waals surface area contributed by atoms with Crippen LogP contribution in [0.4, 0.5) is 0 Å². The number of hydrogen-bond donors (Lipinski definition) is 2. The summed E-state index contributed by atoms with van der Waals surface area (Å²) in [6.45, 7) is 1.20. The van der Waals surface area contributed by atoms with Crippen molar-refractivity contribution in [3.8, 4) is 0 Å². The summed E-state index contributed by atoms with van der Waals surface area (Å²) in [5, 5.41) is 2.90. The summed E-state index contributed by atoms with van der Waals surface area (Å²) >= 11 is 0. The van der Waals surface area contributed by atoms with E-state index in [-0.39, 0.29) is 16.7 Å². The lowest BCUT2D eigenvalue weighted by molar-refractivity contribution is 0.0600. The summed E-state index contributed by atoms with van der Waals surface area (Å²) < 4.78 is 35.7. The van der Waals surface area contributed by atoms with Crippen LogP contribution in [0.25, 0.3) is 0 Å². The molecule has 0 saturated carbocycles. The molecule has 0 spiro atoms. The van der Waals surface area contributed by atoms with Gasteiger partial charge in [-0.1, -0.05) is 0 Å². The number of hydrogen-bond acceptors (Lipinski definition) is 6. The first kappa shape index (κ1) is 14.0. The van der Waals surface area contributed by atoms with Crippen LogP contribution in [0.1, 0.15) is 23.2 Å². The van der Waals surface area contributed by atoms with E-state index in [2.05, 4.69) is 14.8 Å². The molecule has 1 aromatic heterocycles. The number of nitrogens with one attached hydrogen (secondary N) is 2. The number of rotatable bonds is 5. The first-order valence-corrected chi connectivity index (χ1v) is 7.41. The molecule has 19 heavy (non-hydrogen) atoms. The fraction of sp³-hybridized carbons (Fsp3) is 0.545. The van der Waals surface area contributed by atoms with Gasteiger partial charge >= 0.3 is 5.97 Å². The zero-order chi connectivity index (χ0) is 13.9. The Morgan fingerprint density at radius 2 is 2.42 bits per heavy atom. The average Bonchev–Trinajstić information content (AvgIpc) is 3.06. The van der Waals surface area contributed by atoms with E-state index in [4.69, 9.17) is 4.42 Å².